The summed E-state index contributed by atoms with van der Waals surface area (Å²) in [5.74, 6) is 1.17. The molecule has 26 heavy (non-hydrogen) atoms. The van der Waals surface area contributed by atoms with Gasteiger partial charge in [0.05, 0.1) is 25.1 Å². The molecule has 1 spiro atoms. The number of nitrogens with zero attached hydrogens (tertiary/aromatic N) is 3. The van der Waals surface area contributed by atoms with E-state index in [9.17, 15) is 4.79 Å². The molecule has 2 aromatic heterocycles. The van der Waals surface area contributed by atoms with Crippen molar-refractivity contribution in [2.75, 3.05) is 44.3 Å². The zero-order chi connectivity index (χ0) is 18.0. The van der Waals surface area contributed by atoms with Gasteiger partial charge in [0.15, 0.2) is 5.76 Å². The van der Waals surface area contributed by atoms with Gasteiger partial charge in [-0.2, -0.15) is 0 Å². The number of carbonyl (C=O) groups excluding carboxylic acids is 1. The third-order valence-corrected chi connectivity index (χ3v) is 5.35. The molecule has 2 aliphatic rings. The largest absolute Gasteiger partial charge is 0.456 e. The Kier molecular flexibility index (Phi) is 4.68. The molecule has 138 valence electrons. The molecule has 0 N–H and O–H groups in total. The van der Waals surface area contributed by atoms with E-state index in [0.717, 1.165) is 43.9 Å². The highest BCUT2D eigenvalue weighted by atomic mass is 16.5. The van der Waals surface area contributed by atoms with E-state index in [1.54, 1.807) is 12.3 Å². The van der Waals surface area contributed by atoms with Crippen molar-refractivity contribution in [3.05, 3.63) is 48.2 Å². The number of piperidine rings is 1. The van der Waals surface area contributed by atoms with E-state index in [1.807, 2.05) is 30.2 Å². The number of rotatable bonds is 2. The number of hydrogen-bond acceptors (Lipinski definition) is 5. The van der Waals surface area contributed by atoms with Crippen LogP contribution in [0.25, 0.3) is 0 Å². The zero-order valence-electron chi connectivity index (χ0n) is 15.2. The Hall–Kier alpha value is -2.34. The van der Waals surface area contributed by atoms with E-state index >= 15 is 0 Å². The minimum absolute atomic E-state index is 0.0191. The van der Waals surface area contributed by atoms with E-state index in [2.05, 4.69) is 16.0 Å². The summed E-state index contributed by atoms with van der Waals surface area (Å²) in [6, 6.07) is 7.66. The van der Waals surface area contributed by atoms with Gasteiger partial charge in [-0.05, 0) is 44.0 Å². The van der Waals surface area contributed by atoms with Crippen molar-refractivity contribution in [3.63, 3.8) is 0 Å². The second-order valence-corrected chi connectivity index (χ2v) is 7.43. The predicted molar refractivity (Wildman–Crippen MR) is 98.3 cm³/mol. The van der Waals surface area contributed by atoms with Gasteiger partial charge in [0.2, 0.25) is 0 Å². The molecular formula is C20H25N3O3. The fraction of sp³-hybridized carbons (Fsp3) is 0.500. The maximum absolute atomic E-state index is 12.8. The average Bonchev–Trinajstić information content (AvgIpc) is 3.00. The number of amides is 1. The van der Waals surface area contributed by atoms with E-state index in [0.29, 0.717) is 25.5 Å². The van der Waals surface area contributed by atoms with Gasteiger partial charge >= 0.3 is 0 Å². The molecule has 2 fully saturated rings. The Morgan fingerprint density at radius 3 is 2.92 bits per heavy atom. The number of carbonyl (C=O) groups is 1. The smallest absolute Gasteiger partial charge is 0.289 e. The lowest BCUT2D eigenvalue weighted by Crippen LogP contribution is -2.52. The highest BCUT2D eigenvalue weighted by molar-refractivity contribution is 5.91. The van der Waals surface area contributed by atoms with E-state index < -0.39 is 0 Å². The summed E-state index contributed by atoms with van der Waals surface area (Å²) in [6.07, 6.45) is 5.73. The maximum atomic E-state index is 12.8. The van der Waals surface area contributed by atoms with Crippen molar-refractivity contribution in [2.45, 2.75) is 19.8 Å². The second-order valence-electron chi connectivity index (χ2n) is 7.43. The van der Waals surface area contributed by atoms with Crippen LogP contribution in [0.15, 0.2) is 41.1 Å². The molecule has 1 amide bonds. The van der Waals surface area contributed by atoms with Crippen LogP contribution in [0, 0.1) is 12.3 Å². The molecule has 0 unspecified atom stereocenters. The molecule has 2 aromatic rings. The number of hydrogen-bond donors (Lipinski definition) is 0. The standard InChI is InChI=1S/C20H25N3O3/c1-16-5-6-18(26-16)19(24)23-9-3-7-20(14-23)13-22(10-11-25-15-20)17-4-2-8-21-12-17/h2,4-6,8,12H,3,7,9-11,13-15H2,1H3/t20-/m1/s1. The number of aryl methyl sites for hydroxylation is 1. The van der Waals surface area contributed by atoms with Gasteiger partial charge in [-0.1, -0.05) is 0 Å². The van der Waals surface area contributed by atoms with Crippen molar-refractivity contribution < 1.29 is 13.9 Å². The van der Waals surface area contributed by atoms with Gasteiger partial charge in [0.1, 0.15) is 5.76 Å². The number of furan rings is 1. The molecule has 0 aliphatic carbocycles. The normalized spacial score (nSPS) is 23.9. The molecule has 6 nitrogen and oxygen atoms in total. The quantitative estimate of drug-likeness (QED) is 0.829. The van der Waals surface area contributed by atoms with Gasteiger partial charge in [0.25, 0.3) is 5.91 Å². The molecule has 0 saturated carbocycles. The summed E-state index contributed by atoms with van der Waals surface area (Å²) in [6.45, 7) is 6.43. The van der Waals surface area contributed by atoms with Crippen molar-refractivity contribution >= 4 is 11.6 Å². The summed E-state index contributed by atoms with van der Waals surface area (Å²) in [5.41, 5.74) is 1.06. The van der Waals surface area contributed by atoms with Crippen LogP contribution in [-0.2, 0) is 4.74 Å². The van der Waals surface area contributed by atoms with Gasteiger partial charge in [-0.25, -0.2) is 0 Å². The SMILES string of the molecule is Cc1ccc(C(=O)N2CCC[C@]3(COCCN(c4cccnc4)C3)C2)o1. The molecular weight excluding hydrogens is 330 g/mol. The fourth-order valence-corrected chi connectivity index (χ4v) is 4.09. The van der Waals surface area contributed by atoms with Crippen LogP contribution in [0.5, 0.6) is 0 Å². The Bertz CT molecular complexity index is 761. The van der Waals surface area contributed by atoms with Gasteiger partial charge in [-0.3, -0.25) is 9.78 Å². The Labute approximate surface area is 153 Å². The van der Waals surface area contributed by atoms with Crippen LogP contribution < -0.4 is 4.90 Å². The molecule has 4 rings (SSSR count). The third-order valence-electron chi connectivity index (χ3n) is 5.35. The van der Waals surface area contributed by atoms with Crippen LogP contribution in [0.3, 0.4) is 0 Å². The minimum Gasteiger partial charge on any atom is -0.456 e. The predicted octanol–water partition coefficient (Wildman–Crippen LogP) is 2.74. The highest BCUT2D eigenvalue weighted by Gasteiger charge is 2.41. The van der Waals surface area contributed by atoms with Crippen molar-refractivity contribution in [1.29, 1.82) is 0 Å². The maximum Gasteiger partial charge on any atom is 0.289 e. The molecule has 6 heteroatoms. The van der Waals surface area contributed by atoms with Crippen molar-refractivity contribution in [3.8, 4) is 0 Å². The Morgan fingerprint density at radius 2 is 2.15 bits per heavy atom. The van der Waals surface area contributed by atoms with Gasteiger partial charge in [0, 0.05) is 37.8 Å². The lowest BCUT2D eigenvalue weighted by Gasteiger charge is -2.43. The van der Waals surface area contributed by atoms with Gasteiger partial charge < -0.3 is 19.0 Å². The van der Waals surface area contributed by atoms with E-state index in [-0.39, 0.29) is 11.3 Å². The first-order valence-corrected chi connectivity index (χ1v) is 9.24. The number of pyridine rings is 1. The number of anilines is 1. The first-order valence-electron chi connectivity index (χ1n) is 9.24. The van der Waals surface area contributed by atoms with Crippen LogP contribution in [0.2, 0.25) is 0 Å². The lowest BCUT2D eigenvalue weighted by atomic mass is 9.80. The number of likely N-dealkylation sites (tertiary alicyclic amines) is 1. The van der Waals surface area contributed by atoms with Crippen LogP contribution in [-0.4, -0.2) is 55.2 Å². The first kappa shape index (κ1) is 17.1. The van der Waals surface area contributed by atoms with E-state index in [4.69, 9.17) is 9.15 Å². The number of ether oxygens (including phenoxy) is 1. The molecule has 0 bridgehead atoms. The highest BCUT2D eigenvalue weighted by Crippen LogP contribution is 2.35. The molecule has 4 heterocycles. The van der Waals surface area contributed by atoms with E-state index in [1.165, 1.54) is 0 Å². The lowest BCUT2D eigenvalue weighted by molar-refractivity contribution is 0.0122. The average molecular weight is 355 g/mol. The third kappa shape index (κ3) is 3.46. The summed E-state index contributed by atoms with van der Waals surface area (Å²) in [5, 5.41) is 0. The van der Waals surface area contributed by atoms with Crippen LogP contribution in [0.1, 0.15) is 29.2 Å². The first-order chi connectivity index (χ1) is 12.7. The minimum atomic E-state index is -0.0537. The summed E-state index contributed by atoms with van der Waals surface area (Å²) >= 11 is 0. The van der Waals surface area contributed by atoms with Gasteiger partial charge in [-0.15, -0.1) is 0 Å². The zero-order valence-corrected chi connectivity index (χ0v) is 15.2. The molecule has 0 aromatic carbocycles. The van der Waals surface area contributed by atoms with Crippen LogP contribution in [0.4, 0.5) is 5.69 Å². The molecule has 0 radical (unpaired) electrons. The Morgan fingerprint density at radius 1 is 1.23 bits per heavy atom. The fourth-order valence-electron chi connectivity index (χ4n) is 4.09. The molecule has 2 saturated heterocycles. The number of aromatic nitrogens is 1. The molecule has 1 atom stereocenters. The monoisotopic (exact) mass is 355 g/mol. The summed E-state index contributed by atoms with van der Waals surface area (Å²) in [7, 11) is 0. The Balaban J connectivity index is 1.53. The second kappa shape index (κ2) is 7.11. The summed E-state index contributed by atoms with van der Waals surface area (Å²) < 4.78 is 11.5. The summed E-state index contributed by atoms with van der Waals surface area (Å²) in [4.78, 5) is 21.4. The molecule has 2 aliphatic heterocycles. The van der Waals surface area contributed by atoms with Crippen molar-refractivity contribution in [2.24, 2.45) is 5.41 Å². The van der Waals surface area contributed by atoms with Crippen LogP contribution >= 0.6 is 0 Å². The van der Waals surface area contributed by atoms with Crippen molar-refractivity contribution in [1.82, 2.24) is 9.88 Å². The topological polar surface area (TPSA) is 58.8 Å².